The van der Waals surface area contributed by atoms with E-state index in [1.54, 1.807) is 0 Å². The zero-order chi connectivity index (χ0) is 10.6. The molecule has 4 nitrogen and oxygen atoms in total. The van der Waals surface area contributed by atoms with Gasteiger partial charge in [0.1, 0.15) is 0 Å². The van der Waals surface area contributed by atoms with Gasteiger partial charge in [-0.15, -0.1) is 0 Å². The Labute approximate surface area is 85.0 Å². The van der Waals surface area contributed by atoms with Crippen LogP contribution >= 0.6 is 11.6 Å². The molecule has 72 valence electrons. The number of nitro benzene ring substituents is 1. The van der Waals surface area contributed by atoms with Crippen molar-refractivity contribution in [3.8, 4) is 0 Å². The lowest BCUT2D eigenvalue weighted by atomic mass is 10.2. The summed E-state index contributed by atoms with van der Waals surface area (Å²) < 4.78 is 0. The van der Waals surface area contributed by atoms with E-state index >= 15 is 0 Å². The molecule has 0 N–H and O–H groups in total. The Morgan fingerprint density at radius 1 is 1.36 bits per heavy atom. The first-order valence-corrected chi connectivity index (χ1v) is 4.08. The van der Waals surface area contributed by atoms with E-state index < -0.39 is 4.92 Å². The van der Waals surface area contributed by atoms with Crippen LogP contribution in [0, 0.1) is 10.1 Å². The topological polar surface area (TPSA) is 60.2 Å². The minimum absolute atomic E-state index is 0.00405. The van der Waals surface area contributed by atoms with Crippen molar-refractivity contribution in [2.24, 2.45) is 0 Å². The molecule has 0 saturated carbocycles. The molecule has 0 heterocycles. The standard InChI is InChI=1S/C9H6ClNO3/c10-8(6-12)5-7-1-3-9(4-2-7)11(13)14/h1-6H/b8-5+. The van der Waals surface area contributed by atoms with Gasteiger partial charge < -0.3 is 0 Å². The van der Waals surface area contributed by atoms with Crippen LogP contribution in [-0.4, -0.2) is 11.2 Å². The highest BCUT2D eigenvalue weighted by atomic mass is 35.5. The summed E-state index contributed by atoms with van der Waals surface area (Å²) in [7, 11) is 0. The van der Waals surface area contributed by atoms with E-state index in [1.807, 2.05) is 0 Å². The van der Waals surface area contributed by atoms with Crippen LogP contribution in [0.25, 0.3) is 6.08 Å². The van der Waals surface area contributed by atoms with Crippen LogP contribution in [0.3, 0.4) is 0 Å². The molecule has 0 amide bonds. The summed E-state index contributed by atoms with van der Waals surface area (Å²) in [6.45, 7) is 0. The van der Waals surface area contributed by atoms with E-state index in [-0.39, 0.29) is 10.7 Å². The van der Waals surface area contributed by atoms with Gasteiger partial charge in [-0.05, 0) is 23.8 Å². The smallest absolute Gasteiger partial charge is 0.269 e. The second kappa shape index (κ2) is 4.53. The molecule has 0 unspecified atom stereocenters. The van der Waals surface area contributed by atoms with Crippen LogP contribution in [0.5, 0.6) is 0 Å². The van der Waals surface area contributed by atoms with Gasteiger partial charge in [-0.25, -0.2) is 0 Å². The van der Waals surface area contributed by atoms with Gasteiger partial charge in [0.15, 0.2) is 6.29 Å². The maximum absolute atomic E-state index is 10.3. The third-order valence-corrected chi connectivity index (χ3v) is 1.72. The Morgan fingerprint density at radius 2 is 1.93 bits per heavy atom. The first-order chi connectivity index (χ1) is 6.63. The van der Waals surface area contributed by atoms with Crippen LogP contribution < -0.4 is 0 Å². The Kier molecular flexibility index (Phi) is 3.36. The van der Waals surface area contributed by atoms with E-state index in [9.17, 15) is 14.9 Å². The van der Waals surface area contributed by atoms with Gasteiger partial charge in [0.05, 0.1) is 9.96 Å². The number of nitro groups is 1. The molecule has 0 fully saturated rings. The number of hydrogen-bond donors (Lipinski definition) is 0. The van der Waals surface area contributed by atoms with Crippen molar-refractivity contribution in [2.45, 2.75) is 0 Å². The molecule has 0 bridgehead atoms. The highest BCUT2D eigenvalue weighted by Crippen LogP contribution is 2.14. The second-order valence-corrected chi connectivity index (χ2v) is 2.93. The van der Waals surface area contributed by atoms with E-state index in [2.05, 4.69) is 0 Å². The zero-order valence-electron chi connectivity index (χ0n) is 7.01. The van der Waals surface area contributed by atoms with Crippen LogP contribution in [0.2, 0.25) is 0 Å². The molecule has 0 aliphatic carbocycles. The van der Waals surface area contributed by atoms with Crippen LogP contribution in [-0.2, 0) is 4.79 Å². The molecule has 5 heteroatoms. The summed E-state index contributed by atoms with van der Waals surface area (Å²) in [5, 5.41) is 10.4. The van der Waals surface area contributed by atoms with E-state index in [1.165, 1.54) is 30.3 Å². The lowest BCUT2D eigenvalue weighted by Crippen LogP contribution is -1.86. The Balaban J connectivity index is 2.94. The number of carbonyl (C=O) groups is 1. The lowest BCUT2D eigenvalue weighted by Gasteiger charge is -1.93. The average Bonchev–Trinajstić information content (AvgIpc) is 2.18. The number of carbonyl (C=O) groups excluding carboxylic acids is 1. The SMILES string of the molecule is O=C/C(Cl)=C\c1ccc([N+](=O)[O-])cc1. The molecule has 0 atom stereocenters. The third kappa shape index (κ3) is 2.67. The lowest BCUT2D eigenvalue weighted by molar-refractivity contribution is -0.384. The average molecular weight is 212 g/mol. The number of halogens is 1. The fraction of sp³-hybridized carbons (Fsp3) is 0. The van der Waals surface area contributed by atoms with E-state index in [4.69, 9.17) is 11.6 Å². The highest BCUT2D eigenvalue weighted by molar-refractivity contribution is 6.40. The molecule has 0 saturated heterocycles. The quantitative estimate of drug-likeness (QED) is 0.334. The van der Waals surface area contributed by atoms with Crippen molar-refractivity contribution in [1.29, 1.82) is 0 Å². The summed E-state index contributed by atoms with van der Waals surface area (Å²) in [5.74, 6) is 0. The van der Waals surface area contributed by atoms with E-state index in [0.29, 0.717) is 11.8 Å². The molecule has 0 aromatic heterocycles. The van der Waals surface area contributed by atoms with Crippen LogP contribution in [0.1, 0.15) is 5.56 Å². The predicted octanol–water partition coefficient (Wildman–Crippen LogP) is 2.37. The van der Waals surface area contributed by atoms with Gasteiger partial charge in [0, 0.05) is 12.1 Å². The van der Waals surface area contributed by atoms with Gasteiger partial charge in [0.25, 0.3) is 5.69 Å². The first-order valence-electron chi connectivity index (χ1n) is 3.70. The maximum atomic E-state index is 10.3. The van der Waals surface area contributed by atoms with Crippen molar-refractivity contribution in [3.05, 3.63) is 45.0 Å². The summed E-state index contributed by atoms with van der Waals surface area (Å²) in [5.41, 5.74) is 0.650. The predicted molar refractivity (Wildman–Crippen MR) is 53.0 cm³/mol. The summed E-state index contributed by atoms with van der Waals surface area (Å²) in [6, 6.07) is 5.73. The van der Waals surface area contributed by atoms with Crippen molar-refractivity contribution in [1.82, 2.24) is 0 Å². The Morgan fingerprint density at radius 3 is 2.36 bits per heavy atom. The minimum Gasteiger partial charge on any atom is -0.297 e. The molecule has 0 radical (unpaired) electrons. The van der Waals surface area contributed by atoms with Gasteiger partial charge >= 0.3 is 0 Å². The van der Waals surface area contributed by atoms with Gasteiger partial charge in [-0.1, -0.05) is 11.6 Å². The molecule has 1 aromatic rings. The van der Waals surface area contributed by atoms with Crippen molar-refractivity contribution in [2.75, 3.05) is 0 Å². The van der Waals surface area contributed by atoms with Gasteiger partial charge in [0.2, 0.25) is 0 Å². The Bertz CT molecular complexity index is 384. The zero-order valence-corrected chi connectivity index (χ0v) is 7.77. The normalized spacial score (nSPS) is 11.1. The fourth-order valence-electron chi connectivity index (χ4n) is 0.886. The number of aldehydes is 1. The van der Waals surface area contributed by atoms with Gasteiger partial charge in [-0.2, -0.15) is 0 Å². The molecule has 0 aliphatic rings. The summed E-state index contributed by atoms with van der Waals surface area (Å²) >= 11 is 5.46. The fourth-order valence-corrected chi connectivity index (χ4v) is 1.01. The minimum atomic E-state index is -0.491. The largest absolute Gasteiger partial charge is 0.297 e. The monoisotopic (exact) mass is 211 g/mol. The number of hydrogen-bond acceptors (Lipinski definition) is 3. The highest BCUT2D eigenvalue weighted by Gasteiger charge is 2.02. The Hall–Kier alpha value is -1.68. The molecule has 0 spiro atoms. The van der Waals surface area contributed by atoms with E-state index in [0.717, 1.165) is 0 Å². The molecule has 1 rings (SSSR count). The molecule has 1 aromatic carbocycles. The maximum Gasteiger partial charge on any atom is 0.269 e. The number of allylic oxidation sites excluding steroid dienone is 1. The molecule has 0 aliphatic heterocycles. The van der Waals surface area contributed by atoms with Crippen molar-refractivity contribution in [3.63, 3.8) is 0 Å². The molecular formula is C9H6ClNO3. The third-order valence-electron chi connectivity index (χ3n) is 1.52. The van der Waals surface area contributed by atoms with Crippen LogP contribution in [0.4, 0.5) is 5.69 Å². The summed E-state index contributed by atoms with van der Waals surface area (Å²) in [6.07, 6.45) is 1.93. The molecule has 14 heavy (non-hydrogen) atoms. The number of rotatable bonds is 3. The number of benzene rings is 1. The number of nitrogens with zero attached hydrogens (tertiary/aromatic N) is 1. The second-order valence-electron chi connectivity index (χ2n) is 2.50. The van der Waals surface area contributed by atoms with Gasteiger partial charge in [-0.3, -0.25) is 14.9 Å². The molecular weight excluding hydrogens is 206 g/mol. The van der Waals surface area contributed by atoms with Crippen molar-refractivity contribution >= 4 is 29.7 Å². The van der Waals surface area contributed by atoms with Crippen LogP contribution in [0.15, 0.2) is 29.3 Å². The van der Waals surface area contributed by atoms with Crippen molar-refractivity contribution < 1.29 is 9.72 Å². The number of non-ortho nitro benzene ring substituents is 1. The summed E-state index contributed by atoms with van der Waals surface area (Å²) in [4.78, 5) is 20.0. The first kappa shape index (κ1) is 10.4.